The number of hydrogen-bond acceptors (Lipinski definition) is 2. The quantitative estimate of drug-likeness (QED) is 0.683. The minimum atomic E-state index is -1.06. The van der Waals surface area contributed by atoms with Crippen LogP contribution in [0.15, 0.2) is 30.3 Å². The Morgan fingerprint density at radius 2 is 1.81 bits per heavy atom. The first-order chi connectivity index (χ1) is 7.68. The number of aliphatic carboxylic acids is 1. The number of carbonyl (C=O) groups is 2. The van der Waals surface area contributed by atoms with Crippen LogP contribution in [0.3, 0.4) is 0 Å². The second-order valence-electron chi connectivity index (χ2n) is 3.24. The summed E-state index contributed by atoms with van der Waals surface area (Å²) in [5, 5.41) is 13.1. The van der Waals surface area contributed by atoms with Gasteiger partial charge in [0.2, 0.25) is 0 Å². The summed E-state index contributed by atoms with van der Waals surface area (Å²) in [4.78, 5) is 21.2. The number of hydrogen-bond donors (Lipinski definition) is 3. The minimum absolute atomic E-state index is 0.364. The van der Waals surface area contributed by atoms with Gasteiger partial charge in [0.15, 0.2) is 0 Å². The van der Waals surface area contributed by atoms with Crippen LogP contribution >= 0.6 is 0 Å². The molecule has 0 heterocycles. The average molecular weight is 222 g/mol. The standard InChI is InChI=1S/C11H14N2O3/c14-10(15)8-13-11(16)12-7-6-9-4-2-1-3-5-9/h1-5H,6-8H2,(H,14,15)(H2,12,13,16). The monoisotopic (exact) mass is 222 g/mol. The molecule has 0 fully saturated rings. The molecule has 16 heavy (non-hydrogen) atoms. The highest BCUT2D eigenvalue weighted by atomic mass is 16.4. The fourth-order valence-corrected chi connectivity index (χ4v) is 1.18. The molecule has 2 amide bonds. The molecule has 0 unspecified atom stereocenters. The van der Waals surface area contributed by atoms with E-state index in [1.54, 1.807) is 0 Å². The van der Waals surface area contributed by atoms with Crippen LogP contribution in [0.2, 0.25) is 0 Å². The molecule has 0 radical (unpaired) electrons. The molecule has 5 nitrogen and oxygen atoms in total. The summed E-state index contributed by atoms with van der Waals surface area (Å²) in [5.74, 6) is -1.06. The molecular formula is C11H14N2O3. The molecular weight excluding hydrogens is 208 g/mol. The van der Waals surface area contributed by atoms with E-state index in [0.717, 1.165) is 12.0 Å². The van der Waals surface area contributed by atoms with E-state index in [2.05, 4.69) is 10.6 Å². The SMILES string of the molecule is O=C(O)CNC(=O)NCCc1ccccc1. The molecule has 1 rings (SSSR count). The normalized spacial score (nSPS) is 9.50. The second-order valence-corrected chi connectivity index (χ2v) is 3.24. The van der Waals surface area contributed by atoms with Gasteiger partial charge in [-0.15, -0.1) is 0 Å². The lowest BCUT2D eigenvalue weighted by Crippen LogP contribution is -2.39. The van der Waals surface area contributed by atoms with Crippen molar-refractivity contribution in [1.29, 1.82) is 0 Å². The van der Waals surface area contributed by atoms with Crippen molar-refractivity contribution < 1.29 is 14.7 Å². The topological polar surface area (TPSA) is 78.4 Å². The number of benzene rings is 1. The van der Waals surface area contributed by atoms with Crippen molar-refractivity contribution in [3.8, 4) is 0 Å². The summed E-state index contributed by atoms with van der Waals surface area (Å²) in [6.07, 6.45) is 0.724. The van der Waals surface area contributed by atoms with Crippen LogP contribution in [-0.4, -0.2) is 30.2 Å². The van der Waals surface area contributed by atoms with Crippen molar-refractivity contribution in [2.24, 2.45) is 0 Å². The summed E-state index contributed by atoms with van der Waals surface area (Å²) in [6, 6.07) is 9.27. The van der Waals surface area contributed by atoms with Crippen molar-refractivity contribution in [1.82, 2.24) is 10.6 Å². The van der Waals surface area contributed by atoms with E-state index in [1.165, 1.54) is 0 Å². The first-order valence-corrected chi connectivity index (χ1v) is 4.96. The Kier molecular flexibility index (Phi) is 4.85. The lowest BCUT2D eigenvalue weighted by molar-refractivity contribution is -0.135. The summed E-state index contributed by atoms with van der Waals surface area (Å²) in [5.41, 5.74) is 1.13. The smallest absolute Gasteiger partial charge is 0.323 e. The summed E-state index contributed by atoms with van der Waals surface area (Å²) < 4.78 is 0. The third kappa shape index (κ3) is 4.99. The van der Waals surface area contributed by atoms with E-state index >= 15 is 0 Å². The van der Waals surface area contributed by atoms with Crippen molar-refractivity contribution in [2.75, 3.05) is 13.1 Å². The molecule has 1 aromatic rings. The van der Waals surface area contributed by atoms with Crippen molar-refractivity contribution in [3.63, 3.8) is 0 Å². The number of carboxylic acid groups (broad SMARTS) is 1. The summed E-state index contributed by atoms with van der Waals surface area (Å²) in [6.45, 7) is 0.118. The third-order valence-electron chi connectivity index (χ3n) is 1.94. The van der Waals surface area contributed by atoms with Gasteiger partial charge in [0.05, 0.1) is 0 Å². The van der Waals surface area contributed by atoms with Crippen LogP contribution in [-0.2, 0) is 11.2 Å². The fourth-order valence-electron chi connectivity index (χ4n) is 1.18. The van der Waals surface area contributed by atoms with Gasteiger partial charge in [-0.05, 0) is 12.0 Å². The second kappa shape index (κ2) is 6.44. The van der Waals surface area contributed by atoms with Crippen molar-refractivity contribution in [2.45, 2.75) is 6.42 Å². The van der Waals surface area contributed by atoms with E-state index < -0.39 is 12.0 Å². The van der Waals surface area contributed by atoms with Gasteiger partial charge in [0, 0.05) is 6.54 Å². The van der Waals surface area contributed by atoms with Gasteiger partial charge in [-0.1, -0.05) is 30.3 Å². The van der Waals surface area contributed by atoms with Crippen LogP contribution < -0.4 is 10.6 Å². The van der Waals surface area contributed by atoms with Gasteiger partial charge in [-0.2, -0.15) is 0 Å². The zero-order valence-electron chi connectivity index (χ0n) is 8.77. The summed E-state index contributed by atoms with van der Waals surface area (Å²) >= 11 is 0. The van der Waals surface area contributed by atoms with Gasteiger partial charge in [0.25, 0.3) is 0 Å². The summed E-state index contributed by atoms with van der Waals surface area (Å²) in [7, 11) is 0. The molecule has 3 N–H and O–H groups in total. The number of rotatable bonds is 5. The van der Waals surface area contributed by atoms with E-state index in [1.807, 2.05) is 30.3 Å². The van der Waals surface area contributed by atoms with Gasteiger partial charge < -0.3 is 15.7 Å². The Hall–Kier alpha value is -2.04. The van der Waals surface area contributed by atoms with Gasteiger partial charge in [0.1, 0.15) is 6.54 Å². The van der Waals surface area contributed by atoms with E-state index in [0.29, 0.717) is 6.54 Å². The maximum absolute atomic E-state index is 11.1. The molecule has 0 aliphatic carbocycles. The molecule has 0 saturated carbocycles. The van der Waals surface area contributed by atoms with Crippen LogP contribution in [0, 0.1) is 0 Å². The molecule has 0 aromatic heterocycles. The van der Waals surface area contributed by atoms with Gasteiger partial charge >= 0.3 is 12.0 Å². The van der Waals surface area contributed by atoms with E-state index in [-0.39, 0.29) is 6.54 Å². The first kappa shape index (κ1) is 12.0. The highest BCUT2D eigenvalue weighted by Gasteiger charge is 2.01. The van der Waals surface area contributed by atoms with Crippen LogP contribution in [0.25, 0.3) is 0 Å². The molecule has 0 bridgehead atoms. The predicted octanol–water partition coefficient (Wildman–Crippen LogP) is 0.613. The van der Waals surface area contributed by atoms with E-state index in [4.69, 9.17) is 5.11 Å². The Labute approximate surface area is 93.5 Å². The Morgan fingerprint density at radius 1 is 1.12 bits per heavy atom. The fraction of sp³-hybridized carbons (Fsp3) is 0.273. The van der Waals surface area contributed by atoms with Gasteiger partial charge in [-0.3, -0.25) is 4.79 Å². The first-order valence-electron chi connectivity index (χ1n) is 4.96. The third-order valence-corrected chi connectivity index (χ3v) is 1.94. The van der Waals surface area contributed by atoms with Crippen molar-refractivity contribution >= 4 is 12.0 Å². The molecule has 1 aromatic carbocycles. The Morgan fingerprint density at radius 3 is 2.44 bits per heavy atom. The lowest BCUT2D eigenvalue weighted by atomic mass is 10.1. The highest BCUT2D eigenvalue weighted by molar-refractivity contribution is 5.79. The zero-order chi connectivity index (χ0) is 11.8. The molecule has 86 valence electrons. The number of amides is 2. The van der Waals surface area contributed by atoms with Gasteiger partial charge in [-0.25, -0.2) is 4.79 Å². The molecule has 0 aliphatic rings. The molecule has 0 saturated heterocycles. The lowest BCUT2D eigenvalue weighted by Gasteiger charge is -2.05. The van der Waals surface area contributed by atoms with Crippen LogP contribution in [0.5, 0.6) is 0 Å². The Bertz CT molecular complexity index is 352. The maximum atomic E-state index is 11.1. The number of urea groups is 1. The maximum Gasteiger partial charge on any atom is 0.323 e. The number of carboxylic acids is 1. The highest BCUT2D eigenvalue weighted by Crippen LogP contribution is 1.97. The molecule has 0 spiro atoms. The molecule has 0 atom stereocenters. The Balaban J connectivity index is 2.16. The molecule has 5 heteroatoms. The molecule has 0 aliphatic heterocycles. The predicted molar refractivity (Wildman–Crippen MR) is 59.2 cm³/mol. The largest absolute Gasteiger partial charge is 0.480 e. The average Bonchev–Trinajstić information content (AvgIpc) is 2.28. The van der Waals surface area contributed by atoms with Crippen molar-refractivity contribution in [3.05, 3.63) is 35.9 Å². The van der Waals surface area contributed by atoms with Crippen LogP contribution in [0.1, 0.15) is 5.56 Å². The minimum Gasteiger partial charge on any atom is -0.480 e. The zero-order valence-corrected chi connectivity index (χ0v) is 8.77. The number of nitrogens with one attached hydrogen (secondary N) is 2. The van der Waals surface area contributed by atoms with Crippen LogP contribution in [0.4, 0.5) is 4.79 Å². The van der Waals surface area contributed by atoms with E-state index in [9.17, 15) is 9.59 Å². The number of carbonyl (C=O) groups excluding carboxylic acids is 1.